The van der Waals surface area contributed by atoms with Crippen molar-refractivity contribution in [1.29, 1.82) is 0 Å². The van der Waals surface area contributed by atoms with Gasteiger partial charge in [0.25, 0.3) is 0 Å². The van der Waals surface area contributed by atoms with Crippen LogP contribution in [0.5, 0.6) is 0 Å². The molecule has 0 amide bonds. The summed E-state index contributed by atoms with van der Waals surface area (Å²) in [5.74, 6) is 0. The molecule has 0 aliphatic carbocycles. The van der Waals surface area contributed by atoms with E-state index in [0.29, 0.717) is 19.0 Å². The summed E-state index contributed by atoms with van der Waals surface area (Å²) in [5, 5.41) is 8.66. The van der Waals surface area contributed by atoms with Crippen molar-refractivity contribution >= 4 is 0 Å². The zero-order valence-electron chi connectivity index (χ0n) is 6.53. The molecule has 0 saturated heterocycles. The molecular formula is C7H12N2O2. The molecule has 0 bridgehead atoms. The second kappa shape index (κ2) is 4.10. The Morgan fingerprint density at radius 3 is 3.09 bits per heavy atom. The average Bonchev–Trinajstić information content (AvgIpc) is 2.48. The first-order valence-electron chi connectivity index (χ1n) is 3.56. The fourth-order valence-electron chi connectivity index (χ4n) is 0.755. The Morgan fingerprint density at radius 2 is 2.55 bits per heavy atom. The zero-order chi connectivity index (χ0) is 8.10. The van der Waals surface area contributed by atoms with E-state index in [1.165, 1.54) is 0 Å². The second-order valence-corrected chi connectivity index (χ2v) is 2.16. The molecule has 1 N–H and O–H groups in total. The summed E-state index contributed by atoms with van der Waals surface area (Å²) in [6.45, 7) is 3.11. The highest BCUT2D eigenvalue weighted by Gasteiger charge is 1.94. The molecular weight excluding hydrogens is 144 g/mol. The van der Waals surface area contributed by atoms with Crippen LogP contribution in [0.25, 0.3) is 0 Å². The van der Waals surface area contributed by atoms with Gasteiger partial charge >= 0.3 is 0 Å². The third-order valence-electron chi connectivity index (χ3n) is 1.29. The first-order chi connectivity index (χ1) is 5.36. The van der Waals surface area contributed by atoms with E-state index in [1.807, 2.05) is 6.92 Å². The van der Waals surface area contributed by atoms with Crippen LogP contribution in [0.4, 0.5) is 0 Å². The quantitative estimate of drug-likeness (QED) is 0.685. The molecule has 0 aliphatic rings. The number of nitrogens with zero attached hydrogens (tertiary/aromatic N) is 2. The van der Waals surface area contributed by atoms with Crippen LogP contribution in [-0.4, -0.2) is 21.3 Å². The smallest absolute Gasteiger partial charge is 0.123 e. The topological polar surface area (TPSA) is 47.3 Å². The van der Waals surface area contributed by atoms with Gasteiger partial charge in [-0.15, -0.1) is 0 Å². The maximum Gasteiger partial charge on any atom is 0.123 e. The Balaban J connectivity index is 2.44. The standard InChI is InChI=1S/C7H12N2O2/c1-2-11-6-9-3-7(4-10)8-5-9/h3,5,10H,2,4,6H2,1H3. The molecule has 1 aromatic heterocycles. The van der Waals surface area contributed by atoms with E-state index in [1.54, 1.807) is 17.1 Å². The van der Waals surface area contributed by atoms with E-state index in [4.69, 9.17) is 9.84 Å². The average molecular weight is 156 g/mol. The molecule has 0 saturated carbocycles. The predicted octanol–water partition coefficient (Wildman–Crippen LogP) is 0.369. The summed E-state index contributed by atoms with van der Waals surface area (Å²) < 4.78 is 6.91. The maximum absolute atomic E-state index is 8.66. The number of hydrogen-bond acceptors (Lipinski definition) is 3. The van der Waals surface area contributed by atoms with Crippen LogP contribution < -0.4 is 0 Å². The van der Waals surface area contributed by atoms with Crippen LogP contribution in [0.2, 0.25) is 0 Å². The van der Waals surface area contributed by atoms with Crippen LogP contribution in [0.1, 0.15) is 12.6 Å². The summed E-state index contributed by atoms with van der Waals surface area (Å²) in [4.78, 5) is 3.92. The molecule has 1 aromatic rings. The SMILES string of the molecule is CCOCn1cnc(CO)c1. The van der Waals surface area contributed by atoms with Crippen LogP contribution in [0, 0.1) is 0 Å². The van der Waals surface area contributed by atoms with Crippen molar-refractivity contribution in [1.82, 2.24) is 9.55 Å². The molecule has 11 heavy (non-hydrogen) atoms. The first-order valence-corrected chi connectivity index (χ1v) is 3.56. The van der Waals surface area contributed by atoms with Crippen molar-refractivity contribution in [3.63, 3.8) is 0 Å². The number of imidazole rings is 1. The lowest BCUT2D eigenvalue weighted by Crippen LogP contribution is -1.98. The highest BCUT2D eigenvalue weighted by atomic mass is 16.5. The Bertz CT molecular complexity index is 210. The largest absolute Gasteiger partial charge is 0.390 e. The molecule has 0 aromatic carbocycles. The van der Waals surface area contributed by atoms with Crippen LogP contribution in [-0.2, 0) is 18.1 Å². The van der Waals surface area contributed by atoms with Gasteiger partial charge in [0.1, 0.15) is 6.73 Å². The van der Waals surface area contributed by atoms with Gasteiger partial charge in [0.15, 0.2) is 0 Å². The molecule has 0 unspecified atom stereocenters. The number of hydrogen-bond donors (Lipinski definition) is 1. The number of aliphatic hydroxyl groups excluding tert-OH is 1. The van der Waals surface area contributed by atoms with Crippen molar-refractivity contribution in [2.45, 2.75) is 20.3 Å². The van der Waals surface area contributed by atoms with E-state index < -0.39 is 0 Å². The maximum atomic E-state index is 8.66. The van der Waals surface area contributed by atoms with Gasteiger partial charge < -0.3 is 14.4 Å². The third-order valence-corrected chi connectivity index (χ3v) is 1.29. The number of aromatic nitrogens is 2. The lowest BCUT2D eigenvalue weighted by molar-refractivity contribution is 0.0876. The first kappa shape index (κ1) is 8.23. The van der Waals surface area contributed by atoms with Gasteiger partial charge in [-0.1, -0.05) is 0 Å². The van der Waals surface area contributed by atoms with E-state index in [2.05, 4.69) is 4.98 Å². The fourth-order valence-corrected chi connectivity index (χ4v) is 0.755. The Hall–Kier alpha value is -0.870. The molecule has 4 nitrogen and oxygen atoms in total. The van der Waals surface area contributed by atoms with Gasteiger partial charge in [-0.3, -0.25) is 0 Å². The summed E-state index contributed by atoms with van der Waals surface area (Å²) in [5.41, 5.74) is 0.671. The second-order valence-electron chi connectivity index (χ2n) is 2.16. The Labute approximate surface area is 65.4 Å². The lowest BCUT2D eigenvalue weighted by Gasteiger charge is -1.99. The number of ether oxygens (including phenoxy) is 1. The van der Waals surface area contributed by atoms with E-state index in [9.17, 15) is 0 Å². The summed E-state index contributed by atoms with van der Waals surface area (Å²) >= 11 is 0. The number of aliphatic hydroxyl groups is 1. The molecule has 1 rings (SSSR count). The van der Waals surface area contributed by atoms with Crippen molar-refractivity contribution < 1.29 is 9.84 Å². The van der Waals surface area contributed by atoms with Gasteiger partial charge in [0.05, 0.1) is 18.6 Å². The highest BCUT2D eigenvalue weighted by molar-refractivity contribution is 4.93. The summed E-state index contributed by atoms with van der Waals surface area (Å²) in [6.07, 6.45) is 3.40. The summed E-state index contributed by atoms with van der Waals surface area (Å²) in [7, 11) is 0. The minimum atomic E-state index is -0.0148. The highest BCUT2D eigenvalue weighted by Crippen LogP contribution is 1.95. The molecule has 62 valence electrons. The molecule has 0 radical (unpaired) electrons. The van der Waals surface area contributed by atoms with Crippen molar-refractivity contribution in [2.75, 3.05) is 6.61 Å². The van der Waals surface area contributed by atoms with Crippen molar-refractivity contribution in [2.24, 2.45) is 0 Å². The van der Waals surface area contributed by atoms with Crippen LogP contribution >= 0.6 is 0 Å². The van der Waals surface area contributed by atoms with E-state index >= 15 is 0 Å². The van der Waals surface area contributed by atoms with E-state index in [0.717, 1.165) is 0 Å². The third kappa shape index (κ3) is 2.32. The Kier molecular flexibility index (Phi) is 3.07. The molecule has 0 fully saturated rings. The molecule has 0 atom stereocenters. The van der Waals surface area contributed by atoms with Gasteiger partial charge in [-0.05, 0) is 6.92 Å². The minimum Gasteiger partial charge on any atom is -0.390 e. The van der Waals surface area contributed by atoms with Crippen LogP contribution in [0.15, 0.2) is 12.5 Å². The fraction of sp³-hybridized carbons (Fsp3) is 0.571. The summed E-state index contributed by atoms with van der Waals surface area (Å²) in [6, 6.07) is 0. The van der Waals surface area contributed by atoms with Crippen molar-refractivity contribution in [3.05, 3.63) is 18.2 Å². The van der Waals surface area contributed by atoms with Gasteiger partial charge in [0, 0.05) is 12.8 Å². The molecule has 0 aliphatic heterocycles. The predicted molar refractivity (Wildman–Crippen MR) is 39.8 cm³/mol. The molecule has 0 spiro atoms. The molecule has 4 heteroatoms. The normalized spacial score (nSPS) is 10.4. The van der Waals surface area contributed by atoms with Crippen molar-refractivity contribution in [3.8, 4) is 0 Å². The van der Waals surface area contributed by atoms with Gasteiger partial charge in [-0.2, -0.15) is 0 Å². The zero-order valence-corrected chi connectivity index (χ0v) is 6.53. The Morgan fingerprint density at radius 1 is 1.73 bits per heavy atom. The number of rotatable bonds is 4. The van der Waals surface area contributed by atoms with E-state index in [-0.39, 0.29) is 6.61 Å². The van der Waals surface area contributed by atoms with Gasteiger partial charge in [-0.25, -0.2) is 4.98 Å². The molecule has 1 heterocycles. The monoisotopic (exact) mass is 156 g/mol. The van der Waals surface area contributed by atoms with Crippen LogP contribution in [0.3, 0.4) is 0 Å². The van der Waals surface area contributed by atoms with Gasteiger partial charge in [0.2, 0.25) is 0 Å². The lowest BCUT2D eigenvalue weighted by atomic mass is 10.5. The minimum absolute atomic E-state index is 0.0148.